The minimum atomic E-state index is -0.488. The highest BCUT2D eigenvalue weighted by Gasteiger charge is 2.33. The number of imidazole rings is 1. The van der Waals surface area contributed by atoms with Crippen LogP contribution in [0.2, 0.25) is 0 Å². The zero-order valence-electron chi connectivity index (χ0n) is 14.2. The van der Waals surface area contributed by atoms with Crippen LogP contribution < -0.4 is 10.6 Å². The second-order valence-corrected chi connectivity index (χ2v) is 6.00. The summed E-state index contributed by atoms with van der Waals surface area (Å²) in [6, 6.07) is 6.12. The standard InChI is InChI=1S/C18H15FN8/c19-11-2-1-5-22-14(11)8-12(21)18-17-13(23-10-24-17)4-7-27(18)16-3-6-25-26-15(16)9-20/h1-3,5-6,8,10,18H,4,7,21H2,(H,23,24)/b12-8-/t18-/m0/s1. The molecule has 0 aromatic carbocycles. The van der Waals surface area contributed by atoms with Gasteiger partial charge in [0.2, 0.25) is 0 Å². The SMILES string of the molecule is N#Cc1nnccc1N1CCc2[nH]cnc2[C@@H]1/C(N)=C/c1ncccc1F. The Morgan fingerprint density at radius 1 is 1.37 bits per heavy atom. The van der Waals surface area contributed by atoms with Crippen molar-refractivity contribution in [2.75, 3.05) is 11.4 Å². The summed E-state index contributed by atoms with van der Waals surface area (Å²) >= 11 is 0. The Hall–Kier alpha value is -3.80. The number of pyridine rings is 1. The molecule has 1 aliphatic heterocycles. The molecule has 1 atom stereocenters. The van der Waals surface area contributed by atoms with Gasteiger partial charge in [-0.25, -0.2) is 9.37 Å². The van der Waals surface area contributed by atoms with Crippen molar-refractivity contribution in [2.24, 2.45) is 5.73 Å². The van der Waals surface area contributed by atoms with Crippen LogP contribution in [-0.2, 0) is 6.42 Å². The molecule has 0 spiro atoms. The molecule has 3 aromatic heterocycles. The Balaban J connectivity index is 1.83. The summed E-state index contributed by atoms with van der Waals surface area (Å²) in [5, 5.41) is 17.1. The molecule has 0 fully saturated rings. The predicted molar refractivity (Wildman–Crippen MR) is 95.5 cm³/mol. The van der Waals surface area contributed by atoms with Gasteiger partial charge in [0.05, 0.1) is 23.9 Å². The van der Waals surface area contributed by atoms with Crippen LogP contribution in [0.1, 0.15) is 28.8 Å². The molecular weight excluding hydrogens is 347 g/mol. The number of nitrogens with one attached hydrogen (secondary N) is 1. The molecule has 1 aliphatic rings. The van der Waals surface area contributed by atoms with Gasteiger partial charge in [-0.2, -0.15) is 10.4 Å². The second kappa shape index (κ2) is 6.84. The molecule has 0 bridgehead atoms. The van der Waals surface area contributed by atoms with Gasteiger partial charge in [-0.3, -0.25) is 4.98 Å². The van der Waals surface area contributed by atoms with Gasteiger partial charge in [0.15, 0.2) is 5.69 Å². The Bertz CT molecular complexity index is 1050. The van der Waals surface area contributed by atoms with Crippen LogP contribution >= 0.6 is 0 Å². The summed E-state index contributed by atoms with van der Waals surface area (Å²) in [6.07, 6.45) is 6.82. The first kappa shape index (κ1) is 16.7. The summed E-state index contributed by atoms with van der Waals surface area (Å²) in [5.74, 6) is -0.464. The highest BCUT2D eigenvalue weighted by Crippen LogP contribution is 2.36. The summed E-state index contributed by atoms with van der Waals surface area (Å²) < 4.78 is 14.0. The van der Waals surface area contributed by atoms with Crippen LogP contribution in [-0.4, -0.2) is 31.7 Å². The lowest BCUT2D eigenvalue weighted by Gasteiger charge is -2.37. The lowest BCUT2D eigenvalue weighted by molar-refractivity contribution is 0.612. The fourth-order valence-electron chi connectivity index (χ4n) is 3.25. The third kappa shape index (κ3) is 2.97. The summed E-state index contributed by atoms with van der Waals surface area (Å²) in [7, 11) is 0. The topological polar surface area (TPSA) is 120 Å². The minimum Gasteiger partial charge on any atom is -0.400 e. The van der Waals surface area contributed by atoms with Crippen LogP contribution in [0.5, 0.6) is 0 Å². The Labute approximate surface area is 154 Å². The molecule has 0 saturated carbocycles. The van der Waals surface area contributed by atoms with Crippen molar-refractivity contribution in [1.82, 2.24) is 25.1 Å². The molecule has 134 valence electrons. The van der Waals surface area contributed by atoms with Gasteiger partial charge in [0, 0.05) is 30.6 Å². The first-order chi connectivity index (χ1) is 13.2. The highest BCUT2D eigenvalue weighted by molar-refractivity contribution is 5.62. The maximum Gasteiger partial charge on any atom is 0.186 e. The minimum absolute atomic E-state index is 0.144. The highest BCUT2D eigenvalue weighted by atomic mass is 19.1. The van der Waals surface area contributed by atoms with Crippen molar-refractivity contribution in [3.8, 4) is 6.07 Å². The van der Waals surface area contributed by atoms with Gasteiger partial charge < -0.3 is 15.6 Å². The van der Waals surface area contributed by atoms with Gasteiger partial charge >= 0.3 is 0 Å². The van der Waals surface area contributed by atoms with Gasteiger partial charge in [-0.1, -0.05) is 0 Å². The van der Waals surface area contributed by atoms with Crippen molar-refractivity contribution >= 4 is 11.8 Å². The molecule has 3 aromatic rings. The molecule has 9 heteroatoms. The molecular formula is C18H15FN8. The van der Waals surface area contributed by atoms with E-state index in [1.54, 1.807) is 12.4 Å². The average molecular weight is 362 g/mol. The smallest absolute Gasteiger partial charge is 0.186 e. The third-order valence-electron chi connectivity index (χ3n) is 4.45. The van der Waals surface area contributed by atoms with E-state index in [4.69, 9.17) is 5.73 Å². The van der Waals surface area contributed by atoms with Gasteiger partial charge in [0.1, 0.15) is 23.6 Å². The van der Waals surface area contributed by atoms with Crippen molar-refractivity contribution in [3.63, 3.8) is 0 Å². The molecule has 0 amide bonds. The van der Waals surface area contributed by atoms with Crippen molar-refractivity contribution < 1.29 is 4.39 Å². The van der Waals surface area contributed by atoms with Crippen molar-refractivity contribution in [1.29, 1.82) is 5.26 Å². The van der Waals surface area contributed by atoms with Gasteiger partial charge in [-0.05, 0) is 24.3 Å². The van der Waals surface area contributed by atoms with E-state index in [-0.39, 0.29) is 11.4 Å². The van der Waals surface area contributed by atoms with E-state index in [2.05, 4.69) is 31.2 Å². The zero-order chi connectivity index (χ0) is 18.8. The first-order valence-corrected chi connectivity index (χ1v) is 8.27. The van der Waals surface area contributed by atoms with Gasteiger partial charge in [0.25, 0.3) is 0 Å². The number of anilines is 1. The fraction of sp³-hybridized carbons (Fsp3) is 0.167. The van der Waals surface area contributed by atoms with E-state index < -0.39 is 11.9 Å². The molecule has 0 radical (unpaired) electrons. The van der Waals surface area contributed by atoms with E-state index in [1.807, 2.05) is 4.90 Å². The predicted octanol–water partition coefficient (Wildman–Crippen LogP) is 1.71. The van der Waals surface area contributed by atoms with E-state index in [0.717, 1.165) is 11.4 Å². The summed E-state index contributed by atoms with van der Waals surface area (Å²) in [4.78, 5) is 13.5. The number of H-pyrrole nitrogens is 1. The Morgan fingerprint density at radius 3 is 3.07 bits per heavy atom. The molecule has 0 saturated heterocycles. The van der Waals surface area contributed by atoms with Crippen molar-refractivity contribution in [2.45, 2.75) is 12.5 Å². The number of nitrogens with two attached hydrogens (primary N) is 1. The third-order valence-corrected chi connectivity index (χ3v) is 4.45. The monoisotopic (exact) mass is 362 g/mol. The normalized spacial score (nSPS) is 16.7. The molecule has 4 rings (SSSR count). The Kier molecular flexibility index (Phi) is 4.22. The largest absolute Gasteiger partial charge is 0.400 e. The molecule has 27 heavy (non-hydrogen) atoms. The van der Waals surface area contributed by atoms with E-state index >= 15 is 0 Å². The first-order valence-electron chi connectivity index (χ1n) is 8.27. The number of hydrogen-bond donors (Lipinski definition) is 2. The molecule has 4 heterocycles. The number of rotatable bonds is 3. The van der Waals surface area contributed by atoms with Crippen LogP contribution in [0.15, 0.2) is 42.6 Å². The van der Waals surface area contributed by atoms with E-state index in [0.29, 0.717) is 24.4 Å². The van der Waals surface area contributed by atoms with Gasteiger partial charge in [-0.15, -0.1) is 5.10 Å². The number of nitriles is 1. The zero-order valence-corrected chi connectivity index (χ0v) is 14.2. The lowest BCUT2D eigenvalue weighted by Crippen LogP contribution is -2.39. The summed E-state index contributed by atoms with van der Waals surface area (Å²) in [5.41, 5.74) is 9.37. The Morgan fingerprint density at radius 2 is 2.26 bits per heavy atom. The van der Waals surface area contributed by atoms with Crippen LogP contribution in [0.25, 0.3) is 6.08 Å². The quantitative estimate of drug-likeness (QED) is 0.727. The van der Waals surface area contributed by atoms with E-state index in [9.17, 15) is 9.65 Å². The number of hydrogen-bond acceptors (Lipinski definition) is 7. The molecule has 0 aliphatic carbocycles. The molecule has 3 N–H and O–H groups in total. The number of aromatic amines is 1. The van der Waals surface area contributed by atoms with Crippen LogP contribution in [0, 0.1) is 17.1 Å². The van der Waals surface area contributed by atoms with Crippen molar-refractivity contribution in [3.05, 3.63) is 71.2 Å². The number of nitrogens with zero attached hydrogens (tertiary/aromatic N) is 6. The van der Waals surface area contributed by atoms with E-state index in [1.165, 1.54) is 30.6 Å². The summed E-state index contributed by atoms with van der Waals surface area (Å²) in [6.45, 7) is 0.583. The fourth-order valence-corrected chi connectivity index (χ4v) is 3.25. The lowest BCUT2D eigenvalue weighted by atomic mass is 9.98. The number of aromatic nitrogens is 5. The van der Waals surface area contributed by atoms with Crippen LogP contribution in [0.4, 0.5) is 10.1 Å². The molecule has 0 unspecified atom stereocenters. The maximum atomic E-state index is 14.0. The number of halogens is 1. The number of fused-ring (bicyclic) bond motifs is 1. The average Bonchev–Trinajstić information content (AvgIpc) is 3.17. The maximum absolute atomic E-state index is 14.0. The molecule has 8 nitrogen and oxygen atoms in total. The second-order valence-electron chi connectivity index (χ2n) is 6.00. The van der Waals surface area contributed by atoms with Crippen LogP contribution in [0.3, 0.4) is 0 Å².